The molecule has 2 aromatic carbocycles. The summed E-state index contributed by atoms with van der Waals surface area (Å²) in [6, 6.07) is 12.7. The van der Waals surface area contributed by atoms with Crippen molar-refractivity contribution in [2.24, 2.45) is 0 Å². The van der Waals surface area contributed by atoms with E-state index in [0.717, 1.165) is 40.7 Å². The second kappa shape index (κ2) is 10.1. The van der Waals surface area contributed by atoms with Gasteiger partial charge in [0.1, 0.15) is 18.4 Å². The van der Waals surface area contributed by atoms with Crippen molar-refractivity contribution < 1.29 is 23.9 Å². The lowest BCUT2D eigenvalue weighted by Crippen LogP contribution is -2.42. The average Bonchev–Trinajstić information content (AvgIpc) is 2.99. The second-order valence-electron chi connectivity index (χ2n) is 6.34. The Hall–Kier alpha value is -1.60. The van der Waals surface area contributed by atoms with Crippen molar-refractivity contribution in [3.05, 3.63) is 65.6 Å². The second-order valence-corrected chi connectivity index (χ2v) is 9.66. The zero-order valence-electron chi connectivity index (χ0n) is 16.1. The Morgan fingerprint density at radius 1 is 1.17 bits per heavy atom. The van der Waals surface area contributed by atoms with E-state index < -0.39 is 23.2 Å². The lowest BCUT2D eigenvalue weighted by Gasteiger charge is -2.18. The first-order valence-corrected chi connectivity index (χ1v) is 11.8. The van der Waals surface area contributed by atoms with Crippen LogP contribution in [0.1, 0.15) is 18.1 Å². The molecule has 2 amide bonds. The molecule has 1 fully saturated rings. The van der Waals surface area contributed by atoms with Crippen molar-refractivity contribution >= 4 is 80.1 Å². The van der Waals surface area contributed by atoms with E-state index in [1.54, 1.807) is 6.08 Å². The number of halogens is 2. The minimum Gasteiger partial charge on any atom is -0.487 e. The van der Waals surface area contributed by atoms with Crippen molar-refractivity contribution in [2.45, 2.75) is 19.6 Å². The maximum atomic E-state index is 12.7. The number of thioether (sulfide) groups is 1. The molecule has 1 aliphatic heterocycles. The predicted molar refractivity (Wildman–Crippen MR) is 132 cm³/mol. The maximum Gasteiger partial charge on any atom is 0.328 e. The molecule has 1 aliphatic rings. The quantitative estimate of drug-likeness (QED) is 0.247. The Balaban J connectivity index is 1.80. The molecule has 0 N–H and O–H groups in total. The van der Waals surface area contributed by atoms with Gasteiger partial charge in [-0.2, -0.15) is 0 Å². The number of nitrogens with zero attached hydrogens (tertiary/aromatic N) is 1. The number of carbonyl (C=O) groups excluding carboxylic acids is 3. The first-order chi connectivity index (χ1) is 14.3. The van der Waals surface area contributed by atoms with E-state index in [0.29, 0.717) is 6.61 Å². The average molecular weight is 649 g/mol. The zero-order valence-corrected chi connectivity index (χ0v) is 21.2. The van der Waals surface area contributed by atoms with Crippen molar-refractivity contribution in [2.75, 3.05) is 7.11 Å². The highest BCUT2D eigenvalue weighted by molar-refractivity contribution is 14.1. The Bertz CT molecular complexity index is 1000. The highest BCUT2D eigenvalue weighted by Gasteiger charge is 2.41. The Morgan fingerprint density at radius 2 is 1.80 bits per heavy atom. The van der Waals surface area contributed by atoms with Crippen LogP contribution in [0.15, 0.2) is 47.4 Å². The molecule has 2 aromatic rings. The summed E-state index contributed by atoms with van der Waals surface area (Å²) in [7, 11) is 1.22. The minimum atomic E-state index is -0.970. The van der Waals surface area contributed by atoms with Crippen LogP contribution in [0.25, 0.3) is 6.08 Å². The molecule has 30 heavy (non-hydrogen) atoms. The molecule has 0 spiro atoms. The third-order valence-corrected chi connectivity index (χ3v) is 6.78. The summed E-state index contributed by atoms with van der Waals surface area (Å²) < 4.78 is 12.4. The van der Waals surface area contributed by atoms with Gasteiger partial charge in [0.25, 0.3) is 11.1 Å². The van der Waals surface area contributed by atoms with Crippen LogP contribution in [-0.4, -0.2) is 35.2 Å². The normalized spacial score (nSPS) is 16.1. The van der Waals surface area contributed by atoms with Gasteiger partial charge in [0.15, 0.2) is 0 Å². The first kappa shape index (κ1) is 23.1. The van der Waals surface area contributed by atoms with Crippen LogP contribution in [0.2, 0.25) is 0 Å². The summed E-state index contributed by atoms with van der Waals surface area (Å²) in [6.45, 7) is 1.92. The fourth-order valence-electron chi connectivity index (χ4n) is 2.77. The summed E-state index contributed by atoms with van der Waals surface area (Å²) >= 11 is 5.19. The SMILES string of the molecule is COC(=O)[C@H](C)N1C(=O)S/C(=C/c2cc(I)c(OCc3ccccc3)c(I)c2)C1=O. The van der Waals surface area contributed by atoms with Gasteiger partial charge in [-0.25, -0.2) is 4.79 Å². The van der Waals surface area contributed by atoms with E-state index in [1.165, 1.54) is 14.0 Å². The molecule has 0 bridgehead atoms. The van der Waals surface area contributed by atoms with Crippen LogP contribution in [0.5, 0.6) is 5.75 Å². The summed E-state index contributed by atoms with van der Waals surface area (Å²) in [5.41, 5.74) is 1.84. The number of benzene rings is 2. The summed E-state index contributed by atoms with van der Waals surface area (Å²) in [5, 5.41) is -0.489. The van der Waals surface area contributed by atoms with Crippen LogP contribution in [0.3, 0.4) is 0 Å². The van der Waals surface area contributed by atoms with Crippen LogP contribution in [0, 0.1) is 7.14 Å². The highest BCUT2D eigenvalue weighted by atomic mass is 127. The molecule has 0 unspecified atom stereocenters. The predicted octanol–water partition coefficient (Wildman–Crippen LogP) is 5.07. The summed E-state index contributed by atoms with van der Waals surface area (Å²) in [5.74, 6) is -0.371. The Kier molecular flexibility index (Phi) is 7.80. The monoisotopic (exact) mass is 649 g/mol. The van der Waals surface area contributed by atoms with Crippen LogP contribution in [0.4, 0.5) is 4.79 Å². The fraction of sp³-hybridized carbons (Fsp3) is 0.190. The Labute approximate surface area is 205 Å². The lowest BCUT2D eigenvalue weighted by molar-refractivity contribution is -0.148. The van der Waals surface area contributed by atoms with E-state index in [9.17, 15) is 14.4 Å². The van der Waals surface area contributed by atoms with E-state index in [1.807, 2.05) is 42.5 Å². The van der Waals surface area contributed by atoms with Gasteiger partial charge < -0.3 is 9.47 Å². The smallest absolute Gasteiger partial charge is 0.328 e. The molecular formula is C21H17I2NO5S. The van der Waals surface area contributed by atoms with E-state index in [2.05, 4.69) is 49.9 Å². The molecule has 1 atom stereocenters. The van der Waals surface area contributed by atoms with E-state index >= 15 is 0 Å². The number of rotatable bonds is 6. The van der Waals surface area contributed by atoms with Gasteiger partial charge in [-0.3, -0.25) is 14.5 Å². The third kappa shape index (κ3) is 5.17. The zero-order chi connectivity index (χ0) is 21.8. The van der Waals surface area contributed by atoms with Crippen LogP contribution < -0.4 is 4.74 Å². The lowest BCUT2D eigenvalue weighted by atomic mass is 10.2. The molecule has 0 radical (unpaired) electrons. The molecule has 6 nitrogen and oxygen atoms in total. The number of ether oxygens (including phenoxy) is 2. The number of methoxy groups -OCH3 is 1. The number of esters is 1. The molecule has 9 heteroatoms. The summed E-state index contributed by atoms with van der Waals surface area (Å²) in [6.07, 6.45) is 1.65. The molecular weight excluding hydrogens is 632 g/mol. The number of hydrogen-bond acceptors (Lipinski definition) is 6. The first-order valence-electron chi connectivity index (χ1n) is 8.82. The molecule has 0 saturated carbocycles. The van der Waals surface area contributed by atoms with Gasteiger partial charge in [0.05, 0.1) is 19.2 Å². The summed E-state index contributed by atoms with van der Waals surface area (Å²) in [4.78, 5) is 37.8. The van der Waals surface area contributed by atoms with E-state index in [-0.39, 0.29) is 4.91 Å². The van der Waals surface area contributed by atoms with Gasteiger partial charge in [-0.1, -0.05) is 30.3 Å². The van der Waals surface area contributed by atoms with Crippen molar-refractivity contribution in [1.82, 2.24) is 4.90 Å². The third-order valence-electron chi connectivity index (χ3n) is 4.30. The van der Waals surface area contributed by atoms with Crippen molar-refractivity contribution in [3.8, 4) is 5.75 Å². The van der Waals surface area contributed by atoms with Crippen LogP contribution >= 0.6 is 56.9 Å². The fourth-order valence-corrected chi connectivity index (χ4v) is 5.81. The van der Waals surface area contributed by atoms with Gasteiger partial charge in [-0.15, -0.1) is 0 Å². The number of carbonyl (C=O) groups is 3. The molecule has 156 valence electrons. The van der Waals surface area contributed by atoms with Gasteiger partial charge >= 0.3 is 5.97 Å². The number of amides is 2. The Morgan fingerprint density at radius 3 is 2.40 bits per heavy atom. The topological polar surface area (TPSA) is 72.9 Å². The minimum absolute atomic E-state index is 0.264. The van der Waals surface area contributed by atoms with E-state index in [4.69, 9.17) is 4.74 Å². The standard InChI is InChI=1S/C21H17I2NO5S/c1-12(20(26)28-2)24-19(25)17(30-21(24)27)10-14-8-15(22)18(16(23)9-14)29-11-13-6-4-3-5-7-13/h3-10,12H,11H2,1-2H3/b17-10+/t12-/m0/s1. The number of imide groups is 1. The van der Waals surface area contributed by atoms with Crippen molar-refractivity contribution in [1.29, 1.82) is 0 Å². The molecule has 0 aliphatic carbocycles. The molecule has 1 saturated heterocycles. The molecule has 0 aromatic heterocycles. The number of hydrogen-bond donors (Lipinski definition) is 0. The largest absolute Gasteiger partial charge is 0.487 e. The van der Waals surface area contributed by atoms with Gasteiger partial charge in [0.2, 0.25) is 0 Å². The maximum absolute atomic E-state index is 12.7. The van der Waals surface area contributed by atoms with Gasteiger partial charge in [-0.05, 0) is 93.2 Å². The molecule has 3 rings (SSSR count). The highest BCUT2D eigenvalue weighted by Crippen LogP contribution is 2.36. The molecule has 1 heterocycles. The van der Waals surface area contributed by atoms with Gasteiger partial charge in [0, 0.05) is 0 Å². The van der Waals surface area contributed by atoms with Crippen molar-refractivity contribution in [3.63, 3.8) is 0 Å². The van der Waals surface area contributed by atoms with Crippen LogP contribution in [-0.2, 0) is 20.9 Å².